The van der Waals surface area contributed by atoms with Gasteiger partial charge in [0.05, 0.1) is 6.04 Å². The summed E-state index contributed by atoms with van der Waals surface area (Å²) in [5, 5.41) is 17.4. The predicted octanol–water partition coefficient (Wildman–Crippen LogP) is -1.79. The Labute approximate surface area is 57.2 Å². The molecule has 0 saturated heterocycles. The molecule has 0 radical (unpaired) electrons. The Morgan fingerprint density at radius 3 is 2.50 bits per heavy atom. The summed E-state index contributed by atoms with van der Waals surface area (Å²) in [6, 6.07) is -1.71. The SMILES string of the molecule is NC1C=NC(C(=O)O)C1O. The van der Waals surface area contributed by atoms with E-state index in [1.165, 1.54) is 6.21 Å². The molecular weight excluding hydrogens is 136 g/mol. The van der Waals surface area contributed by atoms with Crippen LogP contribution in [-0.4, -0.2) is 40.6 Å². The predicted molar refractivity (Wildman–Crippen MR) is 33.9 cm³/mol. The molecule has 5 heteroatoms. The van der Waals surface area contributed by atoms with Crippen LogP contribution in [-0.2, 0) is 4.79 Å². The zero-order valence-electron chi connectivity index (χ0n) is 5.14. The number of carboxylic acids is 1. The number of carbonyl (C=O) groups is 1. The molecule has 56 valence electrons. The molecule has 0 fully saturated rings. The number of aliphatic imine (C=N–C) groups is 1. The first-order valence-corrected chi connectivity index (χ1v) is 2.82. The van der Waals surface area contributed by atoms with Gasteiger partial charge >= 0.3 is 5.97 Å². The van der Waals surface area contributed by atoms with Crippen molar-refractivity contribution < 1.29 is 15.0 Å². The summed E-state index contributed by atoms with van der Waals surface area (Å²) in [5.41, 5.74) is 5.24. The lowest BCUT2D eigenvalue weighted by molar-refractivity contribution is -0.140. The van der Waals surface area contributed by atoms with Crippen LogP contribution in [0.15, 0.2) is 4.99 Å². The molecule has 0 aromatic carbocycles. The minimum atomic E-state index is -1.14. The van der Waals surface area contributed by atoms with E-state index in [4.69, 9.17) is 15.9 Å². The van der Waals surface area contributed by atoms with Crippen molar-refractivity contribution in [2.45, 2.75) is 18.2 Å². The van der Waals surface area contributed by atoms with Gasteiger partial charge in [-0.2, -0.15) is 0 Å². The third kappa shape index (κ3) is 1.01. The first-order chi connectivity index (χ1) is 4.63. The van der Waals surface area contributed by atoms with Crippen LogP contribution in [0, 0.1) is 0 Å². The maximum absolute atomic E-state index is 10.2. The average molecular weight is 144 g/mol. The zero-order chi connectivity index (χ0) is 7.72. The fraction of sp³-hybridized carbons (Fsp3) is 0.600. The van der Waals surface area contributed by atoms with Gasteiger partial charge < -0.3 is 15.9 Å². The van der Waals surface area contributed by atoms with Crippen molar-refractivity contribution in [2.75, 3.05) is 0 Å². The Balaban J connectivity index is 2.66. The highest BCUT2D eigenvalue weighted by Gasteiger charge is 2.33. The first-order valence-electron chi connectivity index (χ1n) is 2.82. The van der Waals surface area contributed by atoms with E-state index >= 15 is 0 Å². The summed E-state index contributed by atoms with van der Waals surface area (Å²) < 4.78 is 0. The summed E-state index contributed by atoms with van der Waals surface area (Å²) in [6.07, 6.45) is 0.182. The quantitative estimate of drug-likeness (QED) is 0.405. The maximum atomic E-state index is 10.2. The summed E-state index contributed by atoms with van der Waals surface area (Å²) >= 11 is 0. The minimum Gasteiger partial charge on any atom is -0.480 e. The van der Waals surface area contributed by atoms with E-state index in [1.54, 1.807) is 0 Å². The lowest BCUT2D eigenvalue weighted by atomic mass is 10.1. The van der Waals surface area contributed by atoms with Gasteiger partial charge in [-0.15, -0.1) is 0 Å². The van der Waals surface area contributed by atoms with Crippen molar-refractivity contribution in [3.8, 4) is 0 Å². The van der Waals surface area contributed by atoms with Gasteiger partial charge in [-0.25, -0.2) is 4.79 Å². The van der Waals surface area contributed by atoms with Gasteiger partial charge in [-0.3, -0.25) is 4.99 Å². The summed E-state index contributed by atoms with van der Waals surface area (Å²) in [6.45, 7) is 0. The second-order valence-electron chi connectivity index (χ2n) is 2.15. The molecule has 0 bridgehead atoms. The molecule has 1 heterocycles. The molecule has 0 aromatic rings. The van der Waals surface area contributed by atoms with Gasteiger partial charge in [0, 0.05) is 6.21 Å². The van der Waals surface area contributed by atoms with Gasteiger partial charge in [0.2, 0.25) is 0 Å². The van der Waals surface area contributed by atoms with Gasteiger partial charge in [0.15, 0.2) is 6.04 Å². The molecule has 4 N–H and O–H groups in total. The smallest absolute Gasteiger partial charge is 0.331 e. The molecule has 1 aliphatic heterocycles. The van der Waals surface area contributed by atoms with Crippen molar-refractivity contribution in [1.82, 2.24) is 0 Å². The number of aliphatic carboxylic acids is 1. The highest BCUT2D eigenvalue weighted by molar-refractivity contribution is 5.82. The van der Waals surface area contributed by atoms with Crippen molar-refractivity contribution >= 4 is 12.2 Å². The molecule has 5 nitrogen and oxygen atoms in total. The molecule has 0 aromatic heterocycles. The van der Waals surface area contributed by atoms with Crippen LogP contribution in [0.1, 0.15) is 0 Å². The lowest BCUT2D eigenvalue weighted by Crippen LogP contribution is -2.40. The third-order valence-corrected chi connectivity index (χ3v) is 1.39. The van der Waals surface area contributed by atoms with Crippen LogP contribution in [0.3, 0.4) is 0 Å². The van der Waals surface area contributed by atoms with E-state index in [1.807, 2.05) is 0 Å². The highest BCUT2D eigenvalue weighted by atomic mass is 16.4. The van der Waals surface area contributed by atoms with Crippen LogP contribution in [0.2, 0.25) is 0 Å². The molecule has 0 amide bonds. The van der Waals surface area contributed by atoms with Gasteiger partial charge in [-0.05, 0) is 0 Å². The molecular formula is C5H8N2O3. The Morgan fingerprint density at radius 2 is 2.30 bits per heavy atom. The normalized spacial score (nSPS) is 38.4. The Kier molecular flexibility index (Phi) is 1.69. The molecule has 3 atom stereocenters. The summed E-state index contributed by atoms with van der Waals surface area (Å²) in [4.78, 5) is 13.7. The number of hydrogen-bond acceptors (Lipinski definition) is 4. The summed E-state index contributed by atoms with van der Waals surface area (Å²) in [7, 11) is 0. The Bertz CT molecular complexity index is 180. The largest absolute Gasteiger partial charge is 0.480 e. The lowest BCUT2D eigenvalue weighted by Gasteiger charge is -2.10. The number of nitrogens with zero attached hydrogens (tertiary/aromatic N) is 1. The topological polar surface area (TPSA) is 95.9 Å². The van der Waals surface area contributed by atoms with E-state index < -0.39 is 24.2 Å². The number of rotatable bonds is 1. The number of hydrogen-bond donors (Lipinski definition) is 3. The second-order valence-corrected chi connectivity index (χ2v) is 2.15. The Morgan fingerprint density at radius 1 is 1.70 bits per heavy atom. The van der Waals surface area contributed by atoms with E-state index in [2.05, 4.69) is 4.99 Å². The highest BCUT2D eigenvalue weighted by Crippen LogP contribution is 2.08. The monoisotopic (exact) mass is 144 g/mol. The average Bonchev–Trinajstić information content (AvgIpc) is 2.14. The van der Waals surface area contributed by atoms with Crippen LogP contribution >= 0.6 is 0 Å². The molecule has 3 unspecified atom stereocenters. The van der Waals surface area contributed by atoms with Gasteiger partial charge in [-0.1, -0.05) is 0 Å². The third-order valence-electron chi connectivity index (χ3n) is 1.39. The molecule has 0 saturated carbocycles. The first kappa shape index (κ1) is 7.17. The number of aliphatic hydroxyl groups is 1. The molecule has 0 aliphatic carbocycles. The van der Waals surface area contributed by atoms with Crippen molar-refractivity contribution in [3.05, 3.63) is 0 Å². The van der Waals surface area contributed by atoms with E-state index in [-0.39, 0.29) is 0 Å². The minimum absolute atomic E-state index is 0.638. The van der Waals surface area contributed by atoms with Crippen molar-refractivity contribution in [2.24, 2.45) is 10.7 Å². The van der Waals surface area contributed by atoms with Crippen LogP contribution in [0.4, 0.5) is 0 Å². The molecule has 1 rings (SSSR count). The van der Waals surface area contributed by atoms with E-state index in [0.29, 0.717) is 0 Å². The fourth-order valence-electron chi connectivity index (χ4n) is 0.789. The van der Waals surface area contributed by atoms with Crippen molar-refractivity contribution in [1.29, 1.82) is 0 Å². The fourth-order valence-corrected chi connectivity index (χ4v) is 0.789. The van der Waals surface area contributed by atoms with Crippen LogP contribution in [0.5, 0.6) is 0 Å². The van der Waals surface area contributed by atoms with E-state index in [9.17, 15) is 4.79 Å². The van der Waals surface area contributed by atoms with Crippen molar-refractivity contribution in [3.63, 3.8) is 0 Å². The summed E-state index contributed by atoms with van der Waals surface area (Å²) in [5.74, 6) is -1.14. The van der Waals surface area contributed by atoms with Crippen LogP contribution < -0.4 is 5.73 Å². The number of nitrogens with two attached hydrogens (primary N) is 1. The standard InChI is InChI=1S/C5H8N2O3/c6-2-1-7-3(4(2)8)5(9)10/h1-4,8H,6H2,(H,9,10). The molecule has 1 aliphatic rings. The van der Waals surface area contributed by atoms with Gasteiger partial charge in [0.25, 0.3) is 0 Å². The molecule has 10 heavy (non-hydrogen) atoms. The Hall–Kier alpha value is -0.940. The second kappa shape index (κ2) is 2.36. The van der Waals surface area contributed by atoms with E-state index in [0.717, 1.165) is 0 Å². The maximum Gasteiger partial charge on any atom is 0.331 e. The van der Waals surface area contributed by atoms with Gasteiger partial charge in [0.1, 0.15) is 6.10 Å². The number of carboxylic acid groups (broad SMARTS) is 1. The molecule has 0 spiro atoms. The zero-order valence-corrected chi connectivity index (χ0v) is 5.14. The number of aliphatic hydroxyl groups excluding tert-OH is 1. The van der Waals surface area contributed by atoms with Crippen LogP contribution in [0.25, 0.3) is 0 Å².